The van der Waals surface area contributed by atoms with Crippen LogP contribution in [0, 0.1) is 0 Å². The van der Waals surface area contributed by atoms with Crippen molar-refractivity contribution < 1.29 is 149 Å². The van der Waals surface area contributed by atoms with E-state index in [0.717, 1.165) is 0 Å². The first-order valence-electron chi connectivity index (χ1n) is 21.1. The van der Waals surface area contributed by atoms with Crippen LogP contribution in [0.4, 0.5) is 0 Å². The average Bonchev–Trinajstić information content (AvgIpc) is 3.31. The van der Waals surface area contributed by atoms with Crippen molar-refractivity contribution in [3.05, 3.63) is 0 Å². The largest absolute Gasteiger partial charge is 0.394 e. The Kier molecular flexibility index (Phi) is 17.6. The summed E-state index contributed by atoms with van der Waals surface area (Å²) in [5, 5.41) is 196. The molecule has 22 heterocycles. The summed E-state index contributed by atoms with van der Waals surface area (Å²) in [5.74, 6) is 0. The summed E-state index contributed by atoms with van der Waals surface area (Å²) < 4.78 is 67.9. The van der Waals surface area contributed by atoms with Crippen molar-refractivity contribution in [1.82, 2.24) is 0 Å². The molecule has 12 bridgehead atoms. The number of hydrogen-bond donors (Lipinski definition) is 18. The summed E-state index contributed by atoms with van der Waals surface area (Å²) in [7, 11) is 0. The molecule has 0 spiro atoms. The second kappa shape index (κ2) is 22.1. The number of aliphatic hydroxyl groups is 18. The third-order valence-electron chi connectivity index (χ3n) is 12.7. The van der Waals surface area contributed by atoms with Crippen LogP contribution in [0.15, 0.2) is 0 Å². The van der Waals surface area contributed by atoms with Crippen LogP contribution in [0.5, 0.6) is 0 Å². The van der Waals surface area contributed by atoms with Gasteiger partial charge in [-0.2, -0.15) is 0 Å². The summed E-state index contributed by atoms with van der Waals surface area (Å²) in [4.78, 5) is 0. The van der Waals surface area contributed by atoms with E-state index in [-0.39, 0.29) is 0 Å². The molecule has 0 saturated carbocycles. The molecule has 30 heteroatoms. The van der Waals surface area contributed by atoms with Gasteiger partial charge >= 0.3 is 0 Å². The van der Waals surface area contributed by atoms with Crippen LogP contribution in [0.3, 0.4) is 0 Å². The van der Waals surface area contributed by atoms with Gasteiger partial charge < -0.3 is 149 Å². The number of hydrogen-bond acceptors (Lipinski definition) is 30. The summed E-state index contributed by atoms with van der Waals surface area (Å²) in [5.41, 5.74) is 0. The molecular weight excluding hydrogens is 912 g/mol. The van der Waals surface area contributed by atoms with E-state index in [1.54, 1.807) is 0 Å². The molecule has 0 radical (unpaired) electrons. The molecule has 0 aromatic heterocycles. The van der Waals surface area contributed by atoms with Crippen LogP contribution in [0.25, 0.3) is 0 Å². The van der Waals surface area contributed by atoms with Gasteiger partial charge in [-0.1, -0.05) is 0 Å². The van der Waals surface area contributed by atoms with E-state index in [1.807, 2.05) is 0 Å². The Morgan fingerprint density at radius 1 is 0.182 bits per heavy atom. The standard InChI is InChI=1S/C36H60O30/c37-1-7-25-13(43)19(49)31(55-7)62-26-8(2-38)57-33(21(51)15(26)45)64-28-10(4-40)59-35(23(53)17(28)47)66-30-12(6-42)60-36(24(54)18(30)48)65-29-11(5-41)58-34(22(52)16(29)46)63-27-9(3-39)56-32(61-25)20(50)14(27)44/h7-54H,1-6H2/t7-,8-,9-,10-,11-,12-,13-,14-,15-,16-,17-,18-,19+,20+,21+,22+,23+,24+,25?,26?,27?,28?,29?,30?,31?,32?,33?,34?,35?,36?/m1/s1. The number of aliphatic hydroxyl groups excluding tert-OH is 18. The predicted octanol–water partition coefficient (Wildman–Crippen LogP) is -13.1. The van der Waals surface area contributed by atoms with Crippen molar-refractivity contribution in [3.63, 3.8) is 0 Å². The molecule has 0 aromatic rings. The minimum atomic E-state index is -2.15. The van der Waals surface area contributed by atoms with E-state index in [0.29, 0.717) is 0 Å². The summed E-state index contributed by atoms with van der Waals surface area (Å²) in [6.07, 6.45) is -58.5. The SMILES string of the molecule is OC[C@H]1OC2OC3[C@@H](CO)OC(OC4[C@@H](CO)OC(OC5[C@@H](CO)OC(OC6[C@@H](CO)OC(OC7[C@@H](CO)OC(OC1[C@H](O)[C@@H]2O)[C@@H](O)[C@H]7O)[C@@H](O)[C@H]6O)[C@@H](O)[C@H]5O)[C@@H](O)[C@H]4O)[C@@H](O)[C@H]3O. The van der Waals surface area contributed by atoms with Gasteiger partial charge in [0.2, 0.25) is 0 Å². The van der Waals surface area contributed by atoms with Crippen LogP contribution in [0.1, 0.15) is 0 Å². The normalized spacial score (nSPS) is 55.4. The highest BCUT2D eigenvalue weighted by molar-refractivity contribution is 5.01. The molecular formula is C36H60O30. The smallest absolute Gasteiger partial charge is 0.187 e. The third kappa shape index (κ3) is 10.0. The van der Waals surface area contributed by atoms with Crippen LogP contribution in [-0.4, -0.2) is 316 Å². The second-order valence-corrected chi connectivity index (χ2v) is 16.8. The monoisotopic (exact) mass is 972 g/mol. The summed E-state index contributed by atoms with van der Waals surface area (Å²) in [6.45, 7) is -5.99. The second-order valence-electron chi connectivity index (χ2n) is 16.8. The zero-order chi connectivity index (χ0) is 48.0. The molecule has 30 nitrogen and oxygen atoms in total. The molecule has 0 aromatic carbocycles. The van der Waals surface area contributed by atoms with Gasteiger partial charge in [0, 0.05) is 0 Å². The lowest BCUT2D eigenvalue weighted by Crippen LogP contribution is -2.69. The Morgan fingerprint density at radius 3 is 0.409 bits per heavy atom. The maximum Gasteiger partial charge on any atom is 0.187 e. The van der Waals surface area contributed by atoms with Gasteiger partial charge in [-0.15, -0.1) is 0 Å². The molecule has 66 heavy (non-hydrogen) atoms. The quantitative estimate of drug-likeness (QED) is 0.117. The topological polar surface area (TPSA) is 475 Å². The van der Waals surface area contributed by atoms with Gasteiger partial charge in [-0.05, 0) is 0 Å². The van der Waals surface area contributed by atoms with Crippen LogP contribution in [-0.2, 0) is 56.8 Å². The van der Waals surface area contributed by atoms with E-state index >= 15 is 0 Å². The van der Waals surface area contributed by atoms with E-state index in [1.165, 1.54) is 0 Å². The molecule has 384 valence electrons. The average molecular weight is 973 g/mol. The fraction of sp³-hybridized carbons (Fsp3) is 1.00. The van der Waals surface area contributed by atoms with E-state index in [2.05, 4.69) is 0 Å². The van der Waals surface area contributed by atoms with E-state index in [9.17, 15) is 91.9 Å². The highest BCUT2D eigenvalue weighted by Gasteiger charge is 2.58. The first-order chi connectivity index (χ1) is 31.4. The maximum atomic E-state index is 11.2. The Bertz CT molecular complexity index is 1230. The van der Waals surface area contributed by atoms with Gasteiger partial charge in [0.15, 0.2) is 37.7 Å². The van der Waals surface area contributed by atoms with Gasteiger partial charge in [0.05, 0.1) is 39.6 Å². The lowest BCUT2D eigenvalue weighted by atomic mass is 9.94. The van der Waals surface area contributed by atoms with Gasteiger partial charge in [0.25, 0.3) is 0 Å². The van der Waals surface area contributed by atoms with Gasteiger partial charge in [-0.3, -0.25) is 0 Å². The Morgan fingerprint density at radius 2 is 0.303 bits per heavy atom. The third-order valence-corrected chi connectivity index (χ3v) is 12.7. The fourth-order valence-corrected chi connectivity index (χ4v) is 8.93. The van der Waals surface area contributed by atoms with Gasteiger partial charge in [-0.25, -0.2) is 0 Å². The van der Waals surface area contributed by atoms with Crippen molar-refractivity contribution in [2.75, 3.05) is 39.6 Å². The molecule has 22 aliphatic rings. The first-order valence-corrected chi connectivity index (χ1v) is 21.1. The molecule has 12 unspecified atom stereocenters. The molecule has 0 amide bonds. The highest BCUT2D eigenvalue weighted by Crippen LogP contribution is 2.38. The van der Waals surface area contributed by atoms with Crippen molar-refractivity contribution >= 4 is 0 Å². The maximum absolute atomic E-state index is 11.2. The zero-order valence-electron chi connectivity index (χ0n) is 34.5. The Balaban J connectivity index is 1.19. The molecule has 18 N–H and O–H groups in total. The van der Waals surface area contributed by atoms with Crippen LogP contribution >= 0.6 is 0 Å². The van der Waals surface area contributed by atoms with Crippen molar-refractivity contribution in [2.24, 2.45) is 0 Å². The molecule has 22 saturated heterocycles. The minimum Gasteiger partial charge on any atom is -0.394 e. The van der Waals surface area contributed by atoms with E-state index in [4.69, 9.17) is 56.8 Å². The molecule has 30 atom stereocenters. The fourth-order valence-electron chi connectivity index (χ4n) is 8.93. The number of rotatable bonds is 6. The lowest BCUT2D eigenvalue weighted by molar-refractivity contribution is -0.404. The number of ether oxygens (including phenoxy) is 12. The lowest BCUT2D eigenvalue weighted by Gasteiger charge is -2.50. The summed E-state index contributed by atoms with van der Waals surface area (Å²) >= 11 is 0. The molecule has 22 aliphatic heterocycles. The molecule has 22 rings (SSSR count). The van der Waals surface area contributed by atoms with Crippen LogP contribution < -0.4 is 0 Å². The zero-order valence-corrected chi connectivity index (χ0v) is 34.5. The predicted molar refractivity (Wildman–Crippen MR) is 196 cm³/mol. The minimum absolute atomic E-state index is 0.999. The Labute approximate surface area is 372 Å². The Hall–Kier alpha value is -1.20. The first kappa shape index (κ1) is 52.6. The van der Waals surface area contributed by atoms with E-state index < -0.39 is 224 Å². The highest BCUT2D eigenvalue weighted by atomic mass is 16.8. The van der Waals surface area contributed by atoms with Crippen LogP contribution in [0.2, 0.25) is 0 Å². The van der Waals surface area contributed by atoms with Gasteiger partial charge in [0.1, 0.15) is 146 Å². The van der Waals surface area contributed by atoms with Crippen molar-refractivity contribution in [3.8, 4) is 0 Å². The summed E-state index contributed by atoms with van der Waals surface area (Å²) in [6, 6.07) is 0. The van der Waals surface area contributed by atoms with Crippen molar-refractivity contribution in [1.29, 1.82) is 0 Å². The molecule has 0 aliphatic carbocycles. The molecule has 22 fully saturated rings. The van der Waals surface area contributed by atoms with Crippen molar-refractivity contribution in [2.45, 2.75) is 184 Å².